The first-order valence-corrected chi connectivity index (χ1v) is 8.48. The molecule has 0 aliphatic rings. The van der Waals surface area contributed by atoms with Crippen LogP contribution in [-0.2, 0) is 0 Å². The maximum Gasteiger partial charge on any atom is 0.339 e. The number of benzene rings is 1. The molecule has 0 fully saturated rings. The number of pyridine rings is 1. The molecule has 1 aromatic carbocycles. The number of carbonyl (C=O) groups excluding carboxylic acids is 1. The zero-order valence-corrected chi connectivity index (χ0v) is 14.5. The van der Waals surface area contributed by atoms with Gasteiger partial charge in [-0.3, -0.25) is 10.2 Å². The Bertz CT molecular complexity index is 634. The summed E-state index contributed by atoms with van der Waals surface area (Å²) in [5, 5.41) is 9.96. The molecule has 25 heavy (non-hydrogen) atoms. The van der Waals surface area contributed by atoms with Crippen LogP contribution >= 0.6 is 0 Å². The minimum atomic E-state index is -0.849. The first-order chi connectivity index (χ1) is 12.1. The molecule has 1 heterocycles. The second-order valence-corrected chi connectivity index (χ2v) is 6.03. The van der Waals surface area contributed by atoms with Crippen LogP contribution in [0.3, 0.4) is 0 Å². The molecule has 2 aromatic rings. The average molecular weight is 339 g/mol. The van der Waals surface area contributed by atoms with Gasteiger partial charge in [0.1, 0.15) is 0 Å². The van der Waals surface area contributed by atoms with E-state index in [2.05, 4.69) is 35.3 Å². The number of hydroxylamine groups is 2. The highest BCUT2D eigenvalue weighted by Crippen LogP contribution is 2.29. The molecular formula is C20H25N3O2. The predicted octanol–water partition coefficient (Wildman–Crippen LogP) is 4.10. The van der Waals surface area contributed by atoms with Gasteiger partial charge >= 0.3 is 6.03 Å². The van der Waals surface area contributed by atoms with E-state index in [4.69, 9.17) is 5.73 Å². The van der Waals surface area contributed by atoms with Crippen LogP contribution < -0.4 is 5.73 Å². The van der Waals surface area contributed by atoms with Crippen LogP contribution in [0.5, 0.6) is 0 Å². The lowest BCUT2D eigenvalue weighted by Crippen LogP contribution is -2.38. The van der Waals surface area contributed by atoms with Gasteiger partial charge in [-0.25, -0.2) is 4.79 Å². The van der Waals surface area contributed by atoms with Crippen molar-refractivity contribution in [2.45, 2.75) is 38.1 Å². The van der Waals surface area contributed by atoms with Crippen LogP contribution in [-0.4, -0.2) is 27.3 Å². The van der Waals surface area contributed by atoms with Gasteiger partial charge in [0.15, 0.2) is 0 Å². The molecule has 2 unspecified atom stereocenters. The van der Waals surface area contributed by atoms with Crippen molar-refractivity contribution < 1.29 is 10.0 Å². The number of nitrogens with zero attached hydrogens (tertiary/aromatic N) is 2. The Morgan fingerprint density at radius 3 is 2.60 bits per heavy atom. The molecule has 0 saturated carbocycles. The normalized spacial score (nSPS) is 13.5. The number of primary amides is 1. The number of hydrogen-bond acceptors (Lipinski definition) is 3. The van der Waals surface area contributed by atoms with Crippen molar-refractivity contribution in [3.63, 3.8) is 0 Å². The average Bonchev–Trinajstić information content (AvgIpc) is 2.65. The van der Waals surface area contributed by atoms with E-state index in [1.807, 2.05) is 24.4 Å². The molecule has 2 atom stereocenters. The third-order valence-corrected chi connectivity index (χ3v) is 4.18. The number of urea groups is 1. The molecule has 2 rings (SSSR count). The van der Waals surface area contributed by atoms with Crippen molar-refractivity contribution in [3.8, 4) is 0 Å². The van der Waals surface area contributed by atoms with Crippen LogP contribution in [0.4, 0.5) is 4.79 Å². The molecule has 1 aromatic heterocycles. The SMILES string of the molecule is CC(C=CCCCC(c1ccccc1)c1cccnc1)N(O)C(N)=O. The quantitative estimate of drug-likeness (QED) is 0.329. The molecule has 0 aliphatic carbocycles. The number of aromatic nitrogens is 1. The predicted molar refractivity (Wildman–Crippen MR) is 98.2 cm³/mol. The number of hydrogen-bond donors (Lipinski definition) is 2. The van der Waals surface area contributed by atoms with Crippen LogP contribution in [0.2, 0.25) is 0 Å². The van der Waals surface area contributed by atoms with E-state index in [1.54, 1.807) is 19.2 Å². The van der Waals surface area contributed by atoms with E-state index in [9.17, 15) is 10.0 Å². The Kier molecular flexibility index (Phi) is 7.16. The topological polar surface area (TPSA) is 79.4 Å². The molecule has 0 saturated heterocycles. The third kappa shape index (κ3) is 5.72. The summed E-state index contributed by atoms with van der Waals surface area (Å²) in [6.45, 7) is 1.71. The number of amides is 2. The van der Waals surface area contributed by atoms with Gasteiger partial charge in [0.05, 0.1) is 6.04 Å². The first kappa shape index (κ1) is 18.7. The fraction of sp³-hybridized carbons (Fsp3) is 0.300. The largest absolute Gasteiger partial charge is 0.350 e. The van der Waals surface area contributed by atoms with Crippen molar-refractivity contribution in [2.75, 3.05) is 0 Å². The number of unbranched alkanes of at least 4 members (excludes halogenated alkanes) is 1. The van der Waals surface area contributed by atoms with Gasteiger partial charge in [0.2, 0.25) is 0 Å². The van der Waals surface area contributed by atoms with Crippen molar-refractivity contribution >= 4 is 6.03 Å². The van der Waals surface area contributed by atoms with Gasteiger partial charge in [-0.2, -0.15) is 5.06 Å². The summed E-state index contributed by atoms with van der Waals surface area (Å²) >= 11 is 0. The molecule has 132 valence electrons. The summed E-state index contributed by atoms with van der Waals surface area (Å²) in [7, 11) is 0. The molecule has 2 amide bonds. The molecule has 0 aliphatic heterocycles. The van der Waals surface area contributed by atoms with Gasteiger partial charge < -0.3 is 5.73 Å². The first-order valence-electron chi connectivity index (χ1n) is 8.48. The van der Waals surface area contributed by atoms with E-state index < -0.39 is 12.1 Å². The Labute approximate surface area is 148 Å². The Morgan fingerprint density at radius 2 is 1.96 bits per heavy atom. The van der Waals surface area contributed by atoms with Gasteiger partial charge in [0, 0.05) is 18.3 Å². The summed E-state index contributed by atoms with van der Waals surface area (Å²) in [6.07, 6.45) is 10.3. The Morgan fingerprint density at radius 1 is 1.24 bits per heavy atom. The second-order valence-electron chi connectivity index (χ2n) is 6.03. The van der Waals surface area contributed by atoms with Gasteiger partial charge in [0.25, 0.3) is 0 Å². The van der Waals surface area contributed by atoms with Crippen LogP contribution in [0.25, 0.3) is 0 Å². The standard InChI is InChI=1S/C20H25N3O2/c1-16(23(25)20(21)24)9-4-2-7-13-19(17-10-5-3-6-11-17)18-12-8-14-22-15-18/h3-6,8-12,14-16,19,25H,2,7,13H2,1H3,(H2,21,24). The lowest BCUT2D eigenvalue weighted by Gasteiger charge is -2.18. The van der Waals surface area contributed by atoms with Gasteiger partial charge in [-0.15, -0.1) is 0 Å². The molecule has 0 bridgehead atoms. The molecular weight excluding hydrogens is 314 g/mol. The maximum atomic E-state index is 10.9. The fourth-order valence-electron chi connectivity index (χ4n) is 2.81. The van der Waals surface area contributed by atoms with Crippen molar-refractivity contribution in [1.82, 2.24) is 10.0 Å². The van der Waals surface area contributed by atoms with Crippen molar-refractivity contribution in [2.24, 2.45) is 5.73 Å². The molecule has 5 nitrogen and oxygen atoms in total. The van der Waals surface area contributed by atoms with E-state index >= 15 is 0 Å². The van der Waals surface area contributed by atoms with E-state index in [-0.39, 0.29) is 0 Å². The van der Waals surface area contributed by atoms with Crippen LogP contribution in [0, 0.1) is 0 Å². The Balaban J connectivity index is 1.94. The smallest absolute Gasteiger partial charge is 0.339 e. The fourth-order valence-corrected chi connectivity index (χ4v) is 2.81. The van der Waals surface area contributed by atoms with Gasteiger partial charge in [-0.1, -0.05) is 48.6 Å². The number of nitrogens with two attached hydrogens (primary N) is 1. The zero-order chi connectivity index (χ0) is 18.1. The van der Waals surface area contributed by atoms with E-state index in [0.717, 1.165) is 19.3 Å². The highest BCUT2D eigenvalue weighted by molar-refractivity contribution is 5.71. The highest BCUT2D eigenvalue weighted by Gasteiger charge is 2.14. The number of allylic oxidation sites excluding steroid dienone is 1. The molecule has 5 heteroatoms. The second kappa shape index (κ2) is 9.59. The summed E-state index contributed by atoms with van der Waals surface area (Å²) in [6, 6.07) is 13.2. The highest BCUT2D eigenvalue weighted by atomic mass is 16.5. The van der Waals surface area contributed by atoms with Crippen LogP contribution in [0.15, 0.2) is 67.0 Å². The summed E-state index contributed by atoms with van der Waals surface area (Å²) < 4.78 is 0. The maximum absolute atomic E-state index is 10.9. The van der Waals surface area contributed by atoms with E-state index in [1.165, 1.54) is 11.1 Å². The van der Waals surface area contributed by atoms with Crippen molar-refractivity contribution in [1.29, 1.82) is 0 Å². The molecule has 0 spiro atoms. The molecule has 0 radical (unpaired) electrons. The lowest BCUT2D eigenvalue weighted by molar-refractivity contribution is -0.0562. The Hall–Kier alpha value is -2.66. The summed E-state index contributed by atoms with van der Waals surface area (Å²) in [4.78, 5) is 15.1. The minimum Gasteiger partial charge on any atom is -0.350 e. The lowest BCUT2D eigenvalue weighted by atomic mass is 9.88. The number of carbonyl (C=O) groups is 1. The van der Waals surface area contributed by atoms with Gasteiger partial charge in [-0.05, 0) is 43.4 Å². The molecule has 3 N–H and O–H groups in total. The summed E-state index contributed by atoms with van der Waals surface area (Å²) in [5.41, 5.74) is 7.52. The van der Waals surface area contributed by atoms with Crippen LogP contribution in [0.1, 0.15) is 43.2 Å². The minimum absolute atomic E-state index is 0.306. The van der Waals surface area contributed by atoms with E-state index in [0.29, 0.717) is 11.0 Å². The zero-order valence-electron chi connectivity index (χ0n) is 14.5. The monoisotopic (exact) mass is 339 g/mol. The third-order valence-electron chi connectivity index (χ3n) is 4.18. The summed E-state index contributed by atoms with van der Waals surface area (Å²) in [5.74, 6) is 0.306. The van der Waals surface area contributed by atoms with Crippen molar-refractivity contribution in [3.05, 3.63) is 78.1 Å². The number of rotatable bonds is 8.